The summed E-state index contributed by atoms with van der Waals surface area (Å²) in [6, 6.07) is 16.5. The second kappa shape index (κ2) is 16.8. The van der Waals surface area contributed by atoms with Crippen LogP contribution in [0.25, 0.3) is 20.4 Å². The van der Waals surface area contributed by atoms with Crippen LogP contribution in [0.15, 0.2) is 57.2 Å². The lowest BCUT2D eigenvalue weighted by atomic mass is 10.3. The van der Waals surface area contributed by atoms with Gasteiger partial charge in [0.25, 0.3) is 0 Å². The van der Waals surface area contributed by atoms with Gasteiger partial charge in [0, 0.05) is 0 Å². The first-order valence-corrected chi connectivity index (χ1v) is 13.7. The number of thiazole rings is 2. The fourth-order valence-corrected chi connectivity index (χ4v) is 6.34. The van der Waals surface area contributed by atoms with Crippen LogP contribution in [-0.2, 0) is 0 Å². The van der Waals surface area contributed by atoms with Gasteiger partial charge in [-0.25, -0.2) is 9.97 Å². The zero-order valence-corrected chi connectivity index (χ0v) is 21.4. The van der Waals surface area contributed by atoms with Crippen molar-refractivity contribution in [2.45, 2.75) is 64.1 Å². The molecule has 0 radical (unpaired) electrons. The second-order valence-corrected chi connectivity index (χ2v) is 8.75. The summed E-state index contributed by atoms with van der Waals surface area (Å²) < 4.78 is 4.63. The van der Waals surface area contributed by atoms with Crippen LogP contribution in [0.5, 0.6) is 0 Å². The normalized spacial score (nSPS) is 9.00. The highest BCUT2D eigenvalue weighted by atomic mass is 33.1. The SMILES string of the molecule is CC.CC.CC.CC.c1ccc2sc(SSc3nc4ccccc4s3)nc2c1. The van der Waals surface area contributed by atoms with E-state index in [0.717, 1.165) is 19.7 Å². The van der Waals surface area contributed by atoms with E-state index in [0.29, 0.717) is 0 Å². The van der Waals surface area contributed by atoms with Crippen molar-refractivity contribution in [3.63, 3.8) is 0 Å². The number of hydrogen-bond donors (Lipinski definition) is 0. The molecule has 0 N–H and O–H groups in total. The Morgan fingerprint density at radius 3 is 1.18 bits per heavy atom. The highest BCUT2D eigenvalue weighted by Gasteiger charge is 2.08. The second-order valence-electron chi connectivity index (χ2n) is 4.06. The molecule has 4 aromatic rings. The summed E-state index contributed by atoms with van der Waals surface area (Å²) in [5.41, 5.74) is 2.15. The molecule has 0 aliphatic rings. The van der Waals surface area contributed by atoms with Crippen LogP contribution >= 0.6 is 44.3 Å². The Morgan fingerprint density at radius 2 is 0.857 bits per heavy atom. The molecule has 0 atom stereocenters. The van der Waals surface area contributed by atoms with Crippen molar-refractivity contribution in [1.29, 1.82) is 0 Å². The molecular weight excluding hydrogens is 421 g/mol. The Kier molecular flexibility index (Phi) is 16.2. The minimum Gasteiger partial charge on any atom is -0.229 e. The van der Waals surface area contributed by atoms with Crippen LogP contribution in [-0.4, -0.2) is 9.97 Å². The van der Waals surface area contributed by atoms with Gasteiger partial charge in [-0.3, -0.25) is 0 Å². The van der Waals surface area contributed by atoms with Gasteiger partial charge < -0.3 is 0 Å². The van der Waals surface area contributed by atoms with Gasteiger partial charge in [-0.05, 0) is 45.9 Å². The molecule has 2 aromatic heterocycles. The molecule has 0 unspecified atom stereocenters. The van der Waals surface area contributed by atoms with E-state index in [-0.39, 0.29) is 0 Å². The Hall–Kier alpha value is -1.08. The van der Waals surface area contributed by atoms with E-state index in [1.54, 1.807) is 44.3 Å². The van der Waals surface area contributed by atoms with E-state index in [4.69, 9.17) is 0 Å². The third-order valence-corrected chi connectivity index (χ3v) is 7.78. The number of rotatable bonds is 3. The van der Waals surface area contributed by atoms with E-state index < -0.39 is 0 Å². The zero-order valence-electron chi connectivity index (χ0n) is 18.1. The van der Waals surface area contributed by atoms with Crippen molar-refractivity contribution in [2.24, 2.45) is 0 Å². The van der Waals surface area contributed by atoms with E-state index in [9.17, 15) is 0 Å². The molecule has 4 rings (SSSR count). The molecule has 0 amide bonds. The summed E-state index contributed by atoms with van der Waals surface area (Å²) in [6.45, 7) is 16.0. The van der Waals surface area contributed by atoms with Crippen molar-refractivity contribution in [2.75, 3.05) is 0 Å². The van der Waals surface area contributed by atoms with Gasteiger partial charge in [-0.15, -0.1) is 22.7 Å². The Bertz CT molecular complexity index is 744. The first kappa shape index (κ1) is 26.9. The van der Waals surface area contributed by atoms with Crippen LogP contribution in [0.1, 0.15) is 55.4 Å². The summed E-state index contributed by atoms with van der Waals surface area (Å²) >= 11 is 3.46. The minimum absolute atomic E-state index is 1.07. The van der Waals surface area contributed by atoms with Gasteiger partial charge in [-0.2, -0.15) is 0 Å². The first-order valence-electron chi connectivity index (χ1n) is 9.94. The molecule has 2 heterocycles. The monoisotopic (exact) mass is 452 g/mol. The van der Waals surface area contributed by atoms with Gasteiger partial charge in [0.05, 0.1) is 20.4 Å². The molecule has 2 nitrogen and oxygen atoms in total. The van der Waals surface area contributed by atoms with E-state index in [1.165, 1.54) is 9.40 Å². The average Bonchev–Trinajstić information content (AvgIpc) is 3.41. The lowest BCUT2D eigenvalue weighted by Gasteiger charge is -1.90. The van der Waals surface area contributed by atoms with Crippen LogP contribution in [0.2, 0.25) is 0 Å². The molecular formula is C22H32N2S4. The van der Waals surface area contributed by atoms with Crippen LogP contribution < -0.4 is 0 Å². The molecule has 0 bridgehead atoms. The summed E-state index contributed by atoms with van der Waals surface area (Å²) in [5.74, 6) is 0. The lowest BCUT2D eigenvalue weighted by Crippen LogP contribution is -1.67. The zero-order chi connectivity index (χ0) is 21.4. The maximum Gasteiger partial charge on any atom is 0.162 e. The van der Waals surface area contributed by atoms with Crippen LogP contribution in [0, 0.1) is 0 Å². The molecule has 154 valence electrons. The van der Waals surface area contributed by atoms with Crippen LogP contribution in [0.4, 0.5) is 0 Å². The fourth-order valence-electron chi connectivity index (χ4n) is 1.84. The molecule has 0 saturated heterocycles. The van der Waals surface area contributed by atoms with Crippen molar-refractivity contribution >= 4 is 64.7 Å². The van der Waals surface area contributed by atoms with E-state index in [1.807, 2.05) is 67.5 Å². The molecule has 0 aliphatic heterocycles. The molecule has 0 fully saturated rings. The predicted molar refractivity (Wildman–Crippen MR) is 136 cm³/mol. The number of hydrogen-bond acceptors (Lipinski definition) is 6. The van der Waals surface area contributed by atoms with Gasteiger partial charge >= 0.3 is 0 Å². The largest absolute Gasteiger partial charge is 0.229 e. The third kappa shape index (κ3) is 8.11. The summed E-state index contributed by atoms with van der Waals surface area (Å²) in [4.78, 5) is 9.24. The van der Waals surface area contributed by atoms with Crippen molar-refractivity contribution in [1.82, 2.24) is 9.97 Å². The van der Waals surface area contributed by atoms with Crippen molar-refractivity contribution in [3.05, 3.63) is 48.5 Å². The third-order valence-electron chi connectivity index (χ3n) is 2.73. The number of nitrogens with zero attached hydrogens (tertiary/aromatic N) is 2. The van der Waals surface area contributed by atoms with Crippen molar-refractivity contribution < 1.29 is 0 Å². The highest BCUT2D eigenvalue weighted by molar-refractivity contribution is 8.77. The molecule has 0 aliphatic carbocycles. The molecule has 0 spiro atoms. The topological polar surface area (TPSA) is 25.8 Å². The fraction of sp³-hybridized carbons (Fsp3) is 0.364. The first-order chi connectivity index (χ1) is 13.9. The van der Waals surface area contributed by atoms with Crippen LogP contribution in [0.3, 0.4) is 0 Å². The smallest absolute Gasteiger partial charge is 0.162 e. The lowest BCUT2D eigenvalue weighted by molar-refractivity contribution is 1.31. The Balaban J connectivity index is 0.000000818. The van der Waals surface area contributed by atoms with E-state index >= 15 is 0 Å². The van der Waals surface area contributed by atoms with Crippen molar-refractivity contribution in [3.8, 4) is 0 Å². The molecule has 6 heteroatoms. The summed E-state index contributed by atoms with van der Waals surface area (Å²) in [5, 5.41) is 0. The standard InChI is InChI=1S/C14H8N2S4.4C2H6/c1-3-7-11-9(5-1)15-13(17-11)19-20-14-16-10-6-2-4-8-12(10)18-14;4*1-2/h1-8H;4*1-2H3. The summed E-state index contributed by atoms with van der Waals surface area (Å²) in [6.07, 6.45) is 0. The number of aromatic nitrogens is 2. The highest BCUT2D eigenvalue weighted by Crippen LogP contribution is 2.43. The van der Waals surface area contributed by atoms with E-state index in [2.05, 4.69) is 46.4 Å². The van der Waals surface area contributed by atoms with Gasteiger partial charge in [0.1, 0.15) is 0 Å². The maximum absolute atomic E-state index is 4.62. The minimum atomic E-state index is 1.07. The predicted octanol–water partition coefficient (Wildman–Crippen LogP) is 9.81. The number of para-hydroxylation sites is 2. The molecule has 0 saturated carbocycles. The quantitative estimate of drug-likeness (QED) is 0.289. The maximum atomic E-state index is 4.62. The number of fused-ring (bicyclic) bond motifs is 2. The van der Waals surface area contributed by atoms with Gasteiger partial charge in [0.2, 0.25) is 0 Å². The van der Waals surface area contributed by atoms with Gasteiger partial charge in [-0.1, -0.05) is 79.7 Å². The number of benzene rings is 2. The average molecular weight is 453 g/mol. The van der Waals surface area contributed by atoms with Gasteiger partial charge in [0.15, 0.2) is 8.68 Å². The Morgan fingerprint density at radius 1 is 0.536 bits per heavy atom. The Labute approximate surface area is 186 Å². The molecule has 28 heavy (non-hydrogen) atoms. The summed E-state index contributed by atoms with van der Waals surface area (Å²) in [7, 11) is 3.37. The molecule has 2 aromatic carbocycles.